The topological polar surface area (TPSA) is 85.6 Å². The van der Waals surface area contributed by atoms with Crippen molar-refractivity contribution in [3.8, 4) is 12.1 Å². The monoisotopic (exact) mass is 312 g/mol. The van der Waals surface area contributed by atoms with Crippen LogP contribution in [0.5, 0.6) is 0 Å². The van der Waals surface area contributed by atoms with Gasteiger partial charge in [0.15, 0.2) is 0 Å². The second-order valence-corrected chi connectivity index (χ2v) is 4.72. The van der Waals surface area contributed by atoms with Gasteiger partial charge in [-0.15, -0.1) is 0 Å². The molecule has 0 radical (unpaired) electrons. The molecule has 92 valence electrons. The van der Waals surface area contributed by atoms with E-state index in [1.165, 1.54) is 0 Å². The van der Waals surface area contributed by atoms with Gasteiger partial charge in [-0.3, -0.25) is 0 Å². The minimum Gasteiger partial charge on any atom is -0.396 e. The first-order chi connectivity index (χ1) is 9.15. The summed E-state index contributed by atoms with van der Waals surface area (Å²) in [5.41, 5.74) is 8.41. The Balaban J connectivity index is 2.46. The molecule has 0 unspecified atom stereocenters. The molecule has 4 nitrogen and oxygen atoms in total. The summed E-state index contributed by atoms with van der Waals surface area (Å²) >= 11 is 3.35. The first-order valence-corrected chi connectivity index (χ1v) is 6.20. The van der Waals surface area contributed by atoms with E-state index in [0.717, 1.165) is 4.47 Å². The number of hydrogen-bond donors (Lipinski definition) is 2. The van der Waals surface area contributed by atoms with Crippen LogP contribution in [0.2, 0.25) is 0 Å². The van der Waals surface area contributed by atoms with Crippen molar-refractivity contribution < 1.29 is 0 Å². The Hall–Kier alpha value is -2.50. The van der Waals surface area contributed by atoms with E-state index in [1.807, 2.05) is 6.07 Å². The van der Waals surface area contributed by atoms with E-state index in [9.17, 15) is 0 Å². The van der Waals surface area contributed by atoms with Gasteiger partial charge in [0.2, 0.25) is 0 Å². The van der Waals surface area contributed by atoms with E-state index in [-0.39, 0.29) is 0 Å². The fourth-order valence-electron chi connectivity index (χ4n) is 1.63. The Bertz CT molecular complexity index is 710. The summed E-state index contributed by atoms with van der Waals surface area (Å²) in [4.78, 5) is 0. The molecular formula is C14H9BrN4. The predicted octanol–water partition coefficient (Wildman–Crippen LogP) is 3.52. The van der Waals surface area contributed by atoms with Crippen molar-refractivity contribution in [2.75, 3.05) is 11.1 Å². The summed E-state index contributed by atoms with van der Waals surface area (Å²) in [6, 6.07) is 14.6. The number of nitrogen functional groups attached to an aromatic ring is 1. The molecule has 2 aromatic rings. The number of anilines is 3. The number of para-hydroxylation sites is 1. The molecule has 0 aromatic heterocycles. The molecule has 5 heteroatoms. The van der Waals surface area contributed by atoms with Gasteiger partial charge >= 0.3 is 0 Å². The Morgan fingerprint density at radius 2 is 1.74 bits per heavy atom. The Morgan fingerprint density at radius 1 is 1.00 bits per heavy atom. The van der Waals surface area contributed by atoms with E-state index < -0.39 is 0 Å². The normalized spacial score (nSPS) is 9.42. The van der Waals surface area contributed by atoms with Crippen LogP contribution in [0, 0.1) is 22.7 Å². The van der Waals surface area contributed by atoms with E-state index in [0.29, 0.717) is 28.2 Å². The molecule has 0 amide bonds. The summed E-state index contributed by atoms with van der Waals surface area (Å²) in [5.74, 6) is 0. The van der Waals surface area contributed by atoms with Crippen LogP contribution in [-0.2, 0) is 0 Å². The third-order valence-corrected chi connectivity index (χ3v) is 3.09. The van der Waals surface area contributed by atoms with E-state index in [4.69, 9.17) is 16.3 Å². The van der Waals surface area contributed by atoms with Crippen molar-refractivity contribution in [2.45, 2.75) is 0 Å². The third-order valence-electron chi connectivity index (χ3n) is 2.60. The molecule has 0 fully saturated rings. The van der Waals surface area contributed by atoms with Crippen molar-refractivity contribution in [3.05, 3.63) is 52.0 Å². The van der Waals surface area contributed by atoms with Crippen LogP contribution in [0.25, 0.3) is 0 Å². The predicted molar refractivity (Wildman–Crippen MR) is 77.7 cm³/mol. The number of halogens is 1. The molecule has 0 aliphatic heterocycles. The number of rotatable bonds is 2. The second kappa shape index (κ2) is 5.43. The van der Waals surface area contributed by atoms with Crippen LogP contribution >= 0.6 is 15.9 Å². The Morgan fingerprint density at radius 3 is 2.42 bits per heavy atom. The standard InChI is InChI=1S/C14H9BrN4/c15-11-5-4-9(7-16)13(6-11)19-12-3-1-2-10(8-17)14(12)18/h1-6,19H,18H2. The largest absolute Gasteiger partial charge is 0.396 e. The van der Waals surface area contributed by atoms with Gasteiger partial charge in [-0.1, -0.05) is 22.0 Å². The number of nitrogens with zero attached hydrogens (tertiary/aromatic N) is 2. The minimum absolute atomic E-state index is 0.369. The summed E-state index contributed by atoms with van der Waals surface area (Å²) in [6.45, 7) is 0. The molecule has 0 aliphatic rings. The summed E-state index contributed by atoms with van der Waals surface area (Å²) in [7, 11) is 0. The summed E-state index contributed by atoms with van der Waals surface area (Å²) in [6.07, 6.45) is 0. The SMILES string of the molecule is N#Cc1ccc(Br)cc1Nc1cccc(C#N)c1N. The van der Waals surface area contributed by atoms with Crippen LogP contribution < -0.4 is 11.1 Å². The maximum absolute atomic E-state index is 9.07. The average Bonchev–Trinajstić information content (AvgIpc) is 2.41. The third kappa shape index (κ3) is 2.67. The van der Waals surface area contributed by atoms with Gasteiger partial charge < -0.3 is 11.1 Å². The molecule has 0 bridgehead atoms. The summed E-state index contributed by atoms with van der Waals surface area (Å²) in [5, 5.41) is 21.1. The highest BCUT2D eigenvalue weighted by Crippen LogP contribution is 2.29. The highest BCUT2D eigenvalue weighted by molar-refractivity contribution is 9.10. The number of benzene rings is 2. The number of hydrogen-bond acceptors (Lipinski definition) is 4. The molecule has 0 saturated carbocycles. The molecule has 0 heterocycles. The lowest BCUT2D eigenvalue weighted by atomic mass is 10.1. The van der Waals surface area contributed by atoms with Crippen molar-refractivity contribution in [3.63, 3.8) is 0 Å². The molecule has 19 heavy (non-hydrogen) atoms. The van der Waals surface area contributed by atoms with Gasteiger partial charge in [0.1, 0.15) is 12.1 Å². The van der Waals surface area contributed by atoms with Gasteiger partial charge in [-0.05, 0) is 30.3 Å². The fraction of sp³-hybridized carbons (Fsp3) is 0. The molecule has 0 spiro atoms. The maximum Gasteiger partial charge on any atom is 0.101 e. The molecule has 2 rings (SSSR count). The van der Waals surface area contributed by atoms with Crippen LogP contribution in [0.3, 0.4) is 0 Å². The first kappa shape index (κ1) is 12.9. The van der Waals surface area contributed by atoms with Crippen LogP contribution in [0.15, 0.2) is 40.9 Å². The van der Waals surface area contributed by atoms with E-state index >= 15 is 0 Å². The van der Waals surface area contributed by atoms with E-state index in [1.54, 1.807) is 36.4 Å². The second-order valence-electron chi connectivity index (χ2n) is 3.81. The van der Waals surface area contributed by atoms with Gasteiger partial charge in [0.25, 0.3) is 0 Å². The van der Waals surface area contributed by atoms with Crippen LogP contribution in [0.4, 0.5) is 17.1 Å². The highest BCUT2D eigenvalue weighted by Gasteiger charge is 2.07. The fourth-order valence-corrected chi connectivity index (χ4v) is 2.00. The van der Waals surface area contributed by atoms with E-state index in [2.05, 4.69) is 27.3 Å². The molecule has 2 aromatic carbocycles. The number of nitrogens with two attached hydrogens (primary N) is 1. The van der Waals surface area contributed by atoms with Crippen LogP contribution in [0.1, 0.15) is 11.1 Å². The minimum atomic E-state index is 0.369. The maximum atomic E-state index is 9.07. The number of nitriles is 2. The van der Waals surface area contributed by atoms with Gasteiger partial charge in [0, 0.05) is 4.47 Å². The van der Waals surface area contributed by atoms with Crippen LogP contribution in [-0.4, -0.2) is 0 Å². The lowest BCUT2D eigenvalue weighted by molar-refractivity contribution is 1.44. The van der Waals surface area contributed by atoms with Crippen molar-refractivity contribution in [1.82, 2.24) is 0 Å². The molecular weight excluding hydrogens is 304 g/mol. The number of nitrogens with one attached hydrogen (secondary N) is 1. The highest BCUT2D eigenvalue weighted by atomic mass is 79.9. The quantitative estimate of drug-likeness (QED) is 0.831. The Kier molecular flexibility index (Phi) is 3.70. The lowest BCUT2D eigenvalue weighted by Gasteiger charge is -2.11. The summed E-state index contributed by atoms with van der Waals surface area (Å²) < 4.78 is 0.851. The molecule has 3 N–H and O–H groups in total. The van der Waals surface area contributed by atoms with Gasteiger partial charge in [0.05, 0.1) is 28.2 Å². The Labute approximate surface area is 119 Å². The van der Waals surface area contributed by atoms with Gasteiger partial charge in [-0.2, -0.15) is 10.5 Å². The molecule has 0 atom stereocenters. The lowest BCUT2D eigenvalue weighted by Crippen LogP contribution is -2.00. The smallest absolute Gasteiger partial charge is 0.101 e. The zero-order valence-corrected chi connectivity index (χ0v) is 11.4. The molecule has 0 saturated heterocycles. The van der Waals surface area contributed by atoms with Crippen molar-refractivity contribution in [1.29, 1.82) is 10.5 Å². The first-order valence-electron chi connectivity index (χ1n) is 5.41. The zero-order valence-electron chi connectivity index (χ0n) is 9.81. The average molecular weight is 313 g/mol. The van der Waals surface area contributed by atoms with Gasteiger partial charge in [-0.25, -0.2) is 0 Å². The van der Waals surface area contributed by atoms with Crippen molar-refractivity contribution in [2.24, 2.45) is 0 Å². The zero-order chi connectivity index (χ0) is 13.8. The van der Waals surface area contributed by atoms with Crippen molar-refractivity contribution >= 4 is 33.0 Å². The molecule has 0 aliphatic carbocycles.